The molecule has 0 saturated carbocycles. The molecular formula is C32H33N3O3S. The van der Waals surface area contributed by atoms with Crippen molar-refractivity contribution in [3.8, 4) is 5.00 Å². The van der Waals surface area contributed by atoms with Gasteiger partial charge in [0.25, 0.3) is 5.91 Å². The number of carbonyl (C=O) groups is 2. The first-order chi connectivity index (χ1) is 18.9. The normalized spacial score (nSPS) is 12.9. The van der Waals surface area contributed by atoms with Crippen molar-refractivity contribution in [2.75, 3.05) is 11.9 Å². The summed E-state index contributed by atoms with van der Waals surface area (Å²) in [6.45, 7) is 8.31. The van der Waals surface area contributed by atoms with Gasteiger partial charge in [-0.25, -0.2) is 4.79 Å². The zero-order valence-corrected chi connectivity index (χ0v) is 23.7. The summed E-state index contributed by atoms with van der Waals surface area (Å²) in [5.41, 5.74) is 8.25. The molecule has 1 aliphatic carbocycles. The molecule has 0 spiro atoms. The number of anilines is 1. The number of fused-ring (bicyclic) bond motifs is 1. The first-order valence-electron chi connectivity index (χ1n) is 13.4. The van der Waals surface area contributed by atoms with Crippen LogP contribution in [0.15, 0.2) is 59.6 Å². The number of hydrogen-bond donors (Lipinski definition) is 1. The zero-order chi connectivity index (χ0) is 27.5. The summed E-state index contributed by atoms with van der Waals surface area (Å²) in [7, 11) is 0. The van der Waals surface area contributed by atoms with Crippen molar-refractivity contribution in [2.24, 2.45) is 4.99 Å². The number of aliphatic imine (C=N–C) groups is 1. The van der Waals surface area contributed by atoms with Crippen LogP contribution in [-0.4, -0.2) is 29.3 Å². The number of aromatic nitrogens is 1. The van der Waals surface area contributed by atoms with Crippen LogP contribution in [0.1, 0.15) is 73.4 Å². The van der Waals surface area contributed by atoms with E-state index in [2.05, 4.69) is 34.8 Å². The van der Waals surface area contributed by atoms with Crippen LogP contribution < -0.4 is 5.32 Å². The molecule has 0 fully saturated rings. The lowest BCUT2D eigenvalue weighted by Crippen LogP contribution is -2.17. The minimum atomic E-state index is -0.336. The monoisotopic (exact) mass is 539 g/mol. The summed E-state index contributed by atoms with van der Waals surface area (Å²) in [5.74, 6) is -0.393. The van der Waals surface area contributed by atoms with E-state index in [9.17, 15) is 9.59 Å². The average Bonchev–Trinajstić information content (AvgIpc) is 3.45. The molecule has 0 unspecified atom stereocenters. The highest BCUT2D eigenvalue weighted by Gasteiger charge is 2.28. The van der Waals surface area contributed by atoms with Crippen molar-refractivity contribution in [1.82, 2.24) is 4.57 Å². The Morgan fingerprint density at radius 2 is 1.74 bits per heavy atom. The minimum Gasteiger partial charge on any atom is -0.462 e. The van der Waals surface area contributed by atoms with Crippen LogP contribution in [0.5, 0.6) is 0 Å². The molecule has 1 N–H and O–H groups in total. The summed E-state index contributed by atoms with van der Waals surface area (Å²) in [5, 5.41) is 4.11. The number of thiophene rings is 1. The Bertz CT molecular complexity index is 1540. The van der Waals surface area contributed by atoms with Crippen molar-refractivity contribution in [2.45, 2.75) is 53.4 Å². The number of benzene rings is 2. The van der Waals surface area contributed by atoms with Gasteiger partial charge in [-0.3, -0.25) is 9.79 Å². The summed E-state index contributed by atoms with van der Waals surface area (Å²) < 4.78 is 7.25. The molecule has 0 aliphatic heterocycles. The lowest BCUT2D eigenvalue weighted by Gasteiger charge is -2.14. The quantitative estimate of drug-likeness (QED) is 0.195. The maximum absolute atomic E-state index is 13.7. The molecule has 0 bridgehead atoms. The molecule has 200 valence electrons. The molecule has 7 heteroatoms. The molecule has 0 saturated heterocycles. The Morgan fingerprint density at radius 3 is 2.46 bits per heavy atom. The van der Waals surface area contributed by atoms with Gasteiger partial charge in [0, 0.05) is 33.7 Å². The second-order valence-electron chi connectivity index (χ2n) is 9.90. The summed E-state index contributed by atoms with van der Waals surface area (Å²) >= 11 is 1.73. The Kier molecular flexibility index (Phi) is 7.79. The van der Waals surface area contributed by atoms with Gasteiger partial charge in [0.1, 0.15) is 5.00 Å². The number of ether oxygens (including phenoxy) is 1. The fourth-order valence-electron chi connectivity index (χ4n) is 5.05. The van der Waals surface area contributed by atoms with Crippen LogP contribution in [-0.2, 0) is 17.6 Å². The number of nitrogens with one attached hydrogen (secondary N) is 1. The van der Waals surface area contributed by atoms with Crippen molar-refractivity contribution in [3.63, 3.8) is 0 Å². The molecule has 39 heavy (non-hydrogen) atoms. The topological polar surface area (TPSA) is 72.7 Å². The predicted molar refractivity (Wildman–Crippen MR) is 159 cm³/mol. The predicted octanol–water partition coefficient (Wildman–Crippen LogP) is 7.52. The van der Waals surface area contributed by atoms with Gasteiger partial charge < -0.3 is 14.6 Å². The van der Waals surface area contributed by atoms with Gasteiger partial charge in [-0.1, -0.05) is 17.7 Å². The third-order valence-electron chi connectivity index (χ3n) is 7.09. The molecule has 4 aromatic rings. The first-order valence-corrected chi connectivity index (χ1v) is 14.2. The second-order valence-corrected chi connectivity index (χ2v) is 11.0. The van der Waals surface area contributed by atoms with Crippen molar-refractivity contribution in [3.05, 3.63) is 98.7 Å². The van der Waals surface area contributed by atoms with E-state index >= 15 is 0 Å². The number of hydrogen-bond acceptors (Lipinski definition) is 5. The van der Waals surface area contributed by atoms with E-state index in [1.165, 1.54) is 10.4 Å². The van der Waals surface area contributed by atoms with Gasteiger partial charge in [-0.2, -0.15) is 0 Å². The van der Waals surface area contributed by atoms with Gasteiger partial charge in [0.15, 0.2) is 0 Å². The molecular weight excluding hydrogens is 506 g/mol. The fraction of sp³-hybridized carbons (Fsp3) is 0.281. The van der Waals surface area contributed by atoms with Crippen LogP contribution in [0.3, 0.4) is 0 Å². The molecule has 5 rings (SSSR count). The van der Waals surface area contributed by atoms with Crippen molar-refractivity contribution in [1.29, 1.82) is 0 Å². The lowest BCUT2D eigenvalue weighted by atomic mass is 9.95. The van der Waals surface area contributed by atoms with E-state index in [4.69, 9.17) is 4.74 Å². The third kappa shape index (κ3) is 5.59. The van der Waals surface area contributed by atoms with E-state index < -0.39 is 0 Å². The first kappa shape index (κ1) is 26.6. The van der Waals surface area contributed by atoms with Crippen LogP contribution in [0.2, 0.25) is 0 Å². The summed E-state index contributed by atoms with van der Waals surface area (Å²) in [6, 6.07) is 17.1. The third-order valence-corrected chi connectivity index (χ3v) is 8.37. The molecule has 1 aliphatic rings. The highest BCUT2D eigenvalue weighted by Crippen LogP contribution is 2.39. The van der Waals surface area contributed by atoms with Gasteiger partial charge >= 0.3 is 5.97 Å². The van der Waals surface area contributed by atoms with Gasteiger partial charge in [-0.05, 0) is 101 Å². The number of amides is 1. The Morgan fingerprint density at radius 1 is 1.03 bits per heavy atom. The van der Waals surface area contributed by atoms with Crippen molar-refractivity contribution >= 4 is 40.8 Å². The minimum absolute atomic E-state index is 0.0577. The molecule has 0 atom stereocenters. The molecule has 6 nitrogen and oxygen atoms in total. The van der Waals surface area contributed by atoms with Crippen LogP contribution in [0, 0.1) is 20.8 Å². The van der Waals surface area contributed by atoms with Crippen molar-refractivity contribution < 1.29 is 14.3 Å². The molecule has 1 amide bonds. The SMILES string of the molecule is CCOC(=O)c1ccc(N=Cc2cc(C)n(-c3sc4c(c3C(=O)Nc3ccc(C)cc3)CCCC4)c2C)cc1. The highest BCUT2D eigenvalue weighted by atomic mass is 32.1. The number of carbonyl (C=O) groups excluding carboxylic acids is 2. The molecule has 2 heterocycles. The zero-order valence-electron chi connectivity index (χ0n) is 22.8. The van der Waals surface area contributed by atoms with E-state index in [-0.39, 0.29) is 11.9 Å². The maximum atomic E-state index is 13.7. The lowest BCUT2D eigenvalue weighted by molar-refractivity contribution is 0.0526. The van der Waals surface area contributed by atoms with Gasteiger partial charge in [0.05, 0.1) is 23.4 Å². The Balaban J connectivity index is 1.47. The van der Waals surface area contributed by atoms with E-state index in [0.29, 0.717) is 12.2 Å². The van der Waals surface area contributed by atoms with Gasteiger partial charge in [0.2, 0.25) is 0 Å². The van der Waals surface area contributed by atoms with Crippen LogP contribution in [0.25, 0.3) is 5.00 Å². The largest absolute Gasteiger partial charge is 0.462 e. The van der Waals surface area contributed by atoms with E-state index in [1.54, 1.807) is 30.4 Å². The standard InChI is InChI=1S/C32H33N3O3S/c1-5-38-32(37)23-12-16-25(17-13-23)33-19-24-18-21(3)35(22(24)4)31-29(27-8-6-7-9-28(27)39-31)30(36)34-26-14-10-20(2)11-15-26/h10-19H,5-9H2,1-4H3,(H,34,36). The molecule has 2 aromatic heterocycles. The highest BCUT2D eigenvalue weighted by molar-refractivity contribution is 7.15. The Labute approximate surface area is 233 Å². The number of esters is 1. The number of nitrogens with zero attached hydrogens (tertiary/aromatic N) is 2. The van der Waals surface area contributed by atoms with E-state index in [0.717, 1.165) is 70.1 Å². The number of aryl methyl sites for hydroxylation is 3. The van der Waals surface area contributed by atoms with Crippen LogP contribution in [0.4, 0.5) is 11.4 Å². The maximum Gasteiger partial charge on any atom is 0.338 e. The average molecular weight is 540 g/mol. The fourth-order valence-corrected chi connectivity index (χ4v) is 6.54. The Hall–Kier alpha value is -3.97. The summed E-state index contributed by atoms with van der Waals surface area (Å²) in [4.78, 5) is 31.6. The van der Waals surface area contributed by atoms with Gasteiger partial charge in [-0.15, -0.1) is 11.3 Å². The smallest absolute Gasteiger partial charge is 0.338 e. The second kappa shape index (κ2) is 11.4. The van der Waals surface area contributed by atoms with Crippen LogP contribution >= 0.6 is 11.3 Å². The molecule has 2 aromatic carbocycles. The van der Waals surface area contributed by atoms with E-state index in [1.807, 2.05) is 49.5 Å². The summed E-state index contributed by atoms with van der Waals surface area (Å²) in [6.07, 6.45) is 6.04. The number of rotatable bonds is 7. The molecule has 0 radical (unpaired) electrons.